The minimum atomic E-state index is 0.292. The van der Waals surface area contributed by atoms with E-state index >= 15 is 0 Å². The summed E-state index contributed by atoms with van der Waals surface area (Å²) in [6.07, 6.45) is 0. The van der Waals surface area contributed by atoms with Crippen LogP contribution in [0.5, 0.6) is 5.75 Å². The number of aromatic hydroxyl groups is 1. The van der Waals surface area contributed by atoms with E-state index in [1.807, 2.05) is 30.3 Å². The smallest absolute Gasteiger partial charge is 0.124 e. The molecular weight excluding hydrogens is 172 g/mol. The summed E-state index contributed by atoms with van der Waals surface area (Å²) in [5.41, 5.74) is 0.851. The van der Waals surface area contributed by atoms with Gasteiger partial charge in [-0.05, 0) is 24.4 Å². The molecule has 0 aromatic heterocycles. The van der Waals surface area contributed by atoms with Gasteiger partial charge in [-0.1, -0.05) is 30.2 Å². The highest BCUT2D eigenvalue weighted by atomic mass is 16.3. The Labute approximate surface area is 83.0 Å². The van der Waals surface area contributed by atoms with Crippen LogP contribution >= 0.6 is 0 Å². The quantitative estimate of drug-likeness (QED) is 0.621. The first-order chi connectivity index (χ1) is 6.81. The molecule has 0 atom stereocenters. The number of fused-ring (bicyclic) bond motifs is 1. The molecular formula is C13H10O. The molecule has 68 valence electrons. The van der Waals surface area contributed by atoms with Gasteiger partial charge < -0.3 is 5.11 Å². The summed E-state index contributed by atoms with van der Waals surface area (Å²) >= 11 is 0. The van der Waals surface area contributed by atoms with Crippen molar-refractivity contribution in [1.82, 2.24) is 0 Å². The van der Waals surface area contributed by atoms with Crippen molar-refractivity contribution in [3.8, 4) is 17.6 Å². The van der Waals surface area contributed by atoms with Crippen molar-refractivity contribution >= 4 is 10.8 Å². The van der Waals surface area contributed by atoms with Crippen LogP contribution in [-0.2, 0) is 0 Å². The van der Waals surface area contributed by atoms with Gasteiger partial charge in [0.15, 0.2) is 0 Å². The summed E-state index contributed by atoms with van der Waals surface area (Å²) < 4.78 is 0. The lowest BCUT2D eigenvalue weighted by Crippen LogP contribution is -1.78. The maximum absolute atomic E-state index is 9.71. The van der Waals surface area contributed by atoms with E-state index in [1.165, 1.54) is 0 Å². The number of rotatable bonds is 0. The monoisotopic (exact) mass is 182 g/mol. The molecule has 0 bridgehead atoms. The summed E-state index contributed by atoms with van der Waals surface area (Å²) in [7, 11) is 0. The Morgan fingerprint density at radius 2 is 1.93 bits per heavy atom. The molecule has 0 aliphatic rings. The molecule has 0 radical (unpaired) electrons. The van der Waals surface area contributed by atoms with E-state index in [0.717, 1.165) is 16.3 Å². The van der Waals surface area contributed by atoms with E-state index in [4.69, 9.17) is 0 Å². The number of hydrogen-bond donors (Lipinski definition) is 1. The van der Waals surface area contributed by atoms with E-state index in [9.17, 15) is 5.11 Å². The normalized spacial score (nSPS) is 9.50. The van der Waals surface area contributed by atoms with Gasteiger partial charge in [0.1, 0.15) is 5.75 Å². The Morgan fingerprint density at radius 3 is 2.71 bits per heavy atom. The summed E-state index contributed by atoms with van der Waals surface area (Å²) in [6, 6.07) is 11.4. The van der Waals surface area contributed by atoms with E-state index in [2.05, 4.69) is 11.8 Å². The Bertz CT molecular complexity index is 530. The highest BCUT2D eigenvalue weighted by Gasteiger charge is 1.99. The van der Waals surface area contributed by atoms with Crippen molar-refractivity contribution in [3.63, 3.8) is 0 Å². The van der Waals surface area contributed by atoms with Crippen LogP contribution in [0, 0.1) is 11.8 Å². The van der Waals surface area contributed by atoms with E-state index in [-0.39, 0.29) is 0 Å². The predicted octanol–water partition coefficient (Wildman–Crippen LogP) is 2.92. The van der Waals surface area contributed by atoms with Crippen molar-refractivity contribution in [2.75, 3.05) is 0 Å². The van der Waals surface area contributed by atoms with Gasteiger partial charge in [0.25, 0.3) is 0 Å². The molecule has 0 heterocycles. The van der Waals surface area contributed by atoms with Crippen LogP contribution in [0.2, 0.25) is 0 Å². The van der Waals surface area contributed by atoms with Crippen molar-refractivity contribution in [2.24, 2.45) is 0 Å². The van der Waals surface area contributed by atoms with Gasteiger partial charge in [-0.2, -0.15) is 0 Å². The van der Waals surface area contributed by atoms with Crippen molar-refractivity contribution in [1.29, 1.82) is 0 Å². The Hall–Kier alpha value is -1.94. The molecule has 0 amide bonds. The van der Waals surface area contributed by atoms with Gasteiger partial charge in [0.2, 0.25) is 0 Å². The van der Waals surface area contributed by atoms with Crippen LogP contribution in [0.3, 0.4) is 0 Å². The maximum atomic E-state index is 9.71. The predicted molar refractivity (Wildman–Crippen MR) is 58.2 cm³/mol. The summed E-state index contributed by atoms with van der Waals surface area (Å²) in [5, 5.41) is 11.6. The fraction of sp³-hybridized carbons (Fsp3) is 0.0769. The van der Waals surface area contributed by atoms with Crippen LogP contribution in [0.25, 0.3) is 10.8 Å². The first-order valence-electron chi connectivity index (χ1n) is 4.46. The topological polar surface area (TPSA) is 20.2 Å². The third-order valence-corrected chi connectivity index (χ3v) is 2.11. The lowest BCUT2D eigenvalue weighted by Gasteiger charge is -2.01. The minimum absolute atomic E-state index is 0.292. The van der Waals surface area contributed by atoms with E-state index in [0.29, 0.717) is 5.75 Å². The largest absolute Gasteiger partial charge is 0.507 e. The second kappa shape index (κ2) is 3.43. The molecule has 0 saturated carbocycles. The molecule has 0 unspecified atom stereocenters. The molecule has 0 spiro atoms. The minimum Gasteiger partial charge on any atom is -0.507 e. The highest BCUT2D eigenvalue weighted by Crippen LogP contribution is 2.25. The number of phenolic OH excluding ortho intramolecular Hbond substituents is 1. The highest BCUT2D eigenvalue weighted by molar-refractivity contribution is 5.89. The maximum Gasteiger partial charge on any atom is 0.124 e. The lowest BCUT2D eigenvalue weighted by atomic mass is 10.1. The van der Waals surface area contributed by atoms with Crippen molar-refractivity contribution < 1.29 is 5.11 Å². The Kier molecular flexibility index (Phi) is 2.12. The number of phenols is 1. The molecule has 1 N–H and O–H groups in total. The Morgan fingerprint density at radius 1 is 1.14 bits per heavy atom. The lowest BCUT2D eigenvalue weighted by molar-refractivity contribution is 0.481. The van der Waals surface area contributed by atoms with Crippen molar-refractivity contribution in [3.05, 3.63) is 42.0 Å². The SMILES string of the molecule is CC#Cc1cc(O)c2ccccc2c1. The molecule has 2 aromatic carbocycles. The summed E-state index contributed by atoms with van der Waals surface area (Å²) in [6.45, 7) is 1.78. The molecule has 1 heteroatoms. The first-order valence-corrected chi connectivity index (χ1v) is 4.46. The van der Waals surface area contributed by atoms with Gasteiger partial charge in [0, 0.05) is 10.9 Å². The van der Waals surface area contributed by atoms with Crippen LogP contribution < -0.4 is 0 Å². The average Bonchev–Trinajstić information content (AvgIpc) is 2.18. The van der Waals surface area contributed by atoms with Crippen LogP contribution in [0.1, 0.15) is 12.5 Å². The zero-order valence-corrected chi connectivity index (χ0v) is 7.91. The number of benzene rings is 2. The molecule has 0 aliphatic carbocycles. The summed E-state index contributed by atoms with van der Waals surface area (Å²) in [5.74, 6) is 6.04. The second-order valence-corrected chi connectivity index (χ2v) is 3.09. The molecule has 2 rings (SSSR count). The third-order valence-electron chi connectivity index (χ3n) is 2.11. The van der Waals surface area contributed by atoms with Crippen LogP contribution in [0.4, 0.5) is 0 Å². The van der Waals surface area contributed by atoms with Gasteiger partial charge >= 0.3 is 0 Å². The van der Waals surface area contributed by atoms with Crippen LogP contribution in [0.15, 0.2) is 36.4 Å². The van der Waals surface area contributed by atoms with E-state index in [1.54, 1.807) is 13.0 Å². The van der Waals surface area contributed by atoms with Gasteiger partial charge in [-0.3, -0.25) is 0 Å². The first kappa shape index (κ1) is 8.65. The van der Waals surface area contributed by atoms with E-state index < -0.39 is 0 Å². The fourth-order valence-corrected chi connectivity index (χ4v) is 1.51. The molecule has 2 aromatic rings. The zero-order valence-electron chi connectivity index (χ0n) is 7.91. The Balaban J connectivity index is 2.76. The fourth-order valence-electron chi connectivity index (χ4n) is 1.51. The van der Waals surface area contributed by atoms with Gasteiger partial charge in [0.05, 0.1) is 0 Å². The third kappa shape index (κ3) is 1.43. The molecule has 1 nitrogen and oxygen atoms in total. The van der Waals surface area contributed by atoms with Gasteiger partial charge in [-0.15, -0.1) is 5.92 Å². The average molecular weight is 182 g/mol. The molecule has 0 fully saturated rings. The standard InChI is InChI=1S/C13H10O/c1-2-5-10-8-11-6-3-4-7-12(11)13(14)9-10/h3-4,6-9,14H,1H3. The molecule has 14 heavy (non-hydrogen) atoms. The van der Waals surface area contributed by atoms with Gasteiger partial charge in [-0.25, -0.2) is 0 Å². The van der Waals surface area contributed by atoms with Crippen molar-refractivity contribution in [2.45, 2.75) is 6.92 Å². The molecule has 0 saturated heterocycles. The van der Waals surface area contributed by atoms with Crippen LogP contribution in [-0.4, -0.2) is 5.11 Å². The molecule has 0 aliphatic heterocycles. The second-order valence-electron chi connectivity index (χ2n) is 3.09. The summed E-state index contributed by atoms with van der Waals surface area (Å²) in [4.78, 5) is 0. The number of hydrogen-bond acceptors (Lipinski definition) is 1. The zero-order chi connectivity index (χ0) is 9.97.